The molecule has 1 heterocycles. The first kappa shape index (κ1) is 13.2. The molecule has 0 radical (unpaired) electrons. The molecule has 0 saturated carbocycles. The SMILES string of the molecule is NCCCC(=O)Nc1cc2c(cc1Br)OCCO2. The van der Waals surface area contributed by atoms with Gasteiger partial charge in [-0.2, -0.15) is 0 Å². The minimum absolute atomic E-state index is 0.0576. The lowest BCUT2D eigenvalue weighted by Crippen LogP contribution is -2.17. The zero-order valence-corrected chi connectivity index (χ0v) is 11.5. The summed E-state index contributed by atoms with van der Waals surface area (Å²) in [6.07, 6.45) is 1.09. The molecule has 0 unspecified atom stereocenters. The molecule has 98 valence electrons. The molecule has 6 heteroatoms. The van der Waals surface area contributed by atoms with Crippen LogP contribution < -0.4 is 20.5 Å². The van der Waals surface area contributed by atoms with Gasteiger partial charge in [0, 0.05) is 23.0 Å². The number of rotatable bonds is 4. The van der Waals surface area contributed by atoms with E-state index in [4.69, 9.17) is 15.2 Å². The molecular weight excluding hydrogens is 300 g/mol. The van der Waals surface area contributed by atoms with Gasteiger partial charge in [0.2, 0.25) is 5.91 Å². The first-order valence-electron chi connectivity index (χ1n) is 5.80. The summed E-state index contributed by atoms with van der Waals surface area (Å²) in [6, 6.07) is 3.56. The molecule has 1 aliphatic rings. The Morgan fingerprint density at radius 2 is 2.00 bits per heavy atom. The Morgan fingerprint density at radius 3 is 2.67 bits per heavy atom. The molecule has 0 aromatic heterocycles. The van der Waals surface area contributed by atoms with Crippen LogP contribution in [0.25, 0.3) is 0 Å². The van der Waals surface area contributed by atoms with Crippen LogP contribution in [0.15, 0.2) is 16.6 Å². The lowest BCUT2D eigenvalue weighted by molar-refractivity contribution is -0.116. The number of amides is 1. The first-order chi connectivity index (χ1) is 8.70. The third kappa shape index (κ3) is 3.14. The van der Waals surface area contributed by atoms with Crippen molar-refractivity contribution in [3.8, 4) is 11.5 Å². The van der Waals surface area contributed by atoms with Gasteiger partial charge in [-0.1, -0.05) is 0 Å². The lowest BCUT2D eigenvalue weighted by Gasteiger charge is -2.20. The second-order valence-electron chi connectivity index (χ2n) is 3.92. The van der Waals surface area contributed by atoms with Gasteiger partial charge < -0.3 is 20.5 Å². The van der Waals surface area contributed by atoms with Crippen LogP contribution in [0.2, 0.25) is 0 Å². The molecule has 0 saturated heterocycles. The normalized spacial score (nSPS) is 13.2. The predicted molar refractivity (Wildman–Crippen MR) is 72.1 cm³/mol. The Labute approximate surface area is 114 Å². The monoisotopic (exact) mass is 314 g/mol. The van der Waals surface area contributed by atoms with E-state index in [1.165, 1.54) is 0 Å². The van der Waals surface area contributed by atoms with Crippen LogP contribution in [0, 0.1) is 0 Å². The van der Waals surface area contributed by atoms with Crippen LogP contribution >= 0.6 is 15.9 Å². The van der Waals surface area contributed by atoms with Crippen LogP contribution in [0.5, 0.6) is 11.5 Å². The quantitative estimate of drug-likeness (QED) is 0.890. The molecule has 2 rings (SSSR count). The summed E-state index contributed by atoms with van der Waals surface area (Å²) in [5.74, 6) is 1.28. The third-order valence-electron chi connectivity index (χ3n) is 2.51. The maximum atomic E-state index is 11.6. The van der Waals surface area contributed by atoms with Crippen molar-refractivity contribution in [1.29, 1.82) is 0 Å². The van der Waals surface area contributed by atoms with Crippen molar-refractivity contribution >= 4 is 27.5 Å². The number of ether oxygens (including phenoxy) is 2. The summed E-state index contributed by atoms with van der Waals surface area (Å²) in [5.41, 5.74) is 6.05. The van der Waals surface area contributed by atoms with Gasteiger partial charge >= 0.3 is 0 Å². The summed E-state index contributed by atoms with van der Waals surface area (Å²) in [4.78, 5) is 11.6. The highest BCUT2D eigenvalue weighted by atomic mass is 79.9. The molecule has 1 aliphatic heterocycles. The van der Waals surface area contributed by atoms with Gasteiger partial charge in [-0.05, 0) is 28.9 Å². The van der Waals surface area contributed by atoms with E-state index >= 15 is 0 Å². The Kier molecular flexibility index (Phi) is 4.43. The predicted octanol–water partition coefficient (Wildman–Crippen LogP) is 1.90. The van der Waals surface area contributed by atoms with E-state index in [1.54, 1.807) is 12.1 Å². The average molecular weight is 315 g/mol. The Bertz CT molecular complexity index is 451. The van der Waals surface area contributed by atoms with Crippen LogP contribution in [0.4, 0.5) is 5.69 Å². The van der Waals surface area contributed by atoms with Crippen molar-refractivity contribution in [3.63, 3.8) is 0 Å². The van der Waals surface area contributed by atoms with E-state index < -0.39 is 0 Å². The second kappa shape index (κ2) is 6.06. The van der Waals surface area contributed by atoms with E-state index in [-0.39, 0.29) is 5.91 Å². The highest BCUT2D eigenvalue weighted by Crippen LogP contribution is 2.38. The number of nitrogens with one attached hydrogen (secondary N) is 1. The van der Waals surface area contributed by atoms with E-state index in [2.05, 4.69) is 21.2 Å². The topological polar surface area (TPSA) is 73.6 Å². The van der Waals surface area contributed by atoms with Crippen LogP contribution in [-0.2, 0) is 4.79 Å². The molecule has 1 aromatic carbocycles. The molecule has 0 spiro atoms. The van der Waals surface area contributed by atoms with Gasteiger partial charge in [-0.15, -0.1) is 0 Å². The molecule has 3 N–H and O–H groups in total. The number of carbonyl (C=O) groups is 1. The number of anilines is 1. The van der Waals surface area contributed by atoms with E-state index in [0.29, 0.717) is 49.8 Å². The van der Waals surface area contributed by atoms with Crippen molar-refractivity contribution in [1.82, 2.24) is 0 Å². The van der Waals surface area contributed by atoms with Crippen molar-refractivity contribution < 1.29 is 14.3 Å². The van der Waals surface area contributed by atoms with Crippen molar-refractivity contribution in [2.45, 2.75) is 12.8 Å². The molecule has 5 nitrogen and oxygen atoms in total. The molecule has 1 aromatic rings. The molecule has 0 aliphatic carbocycles. The molecule has 0 bridgehead atoms. The largest absolute Gasteiger partial charge is 0.486 e. The summed E-state index contributed by atoms with van der Waals surface area (Å²) in [7, 11) is 0. The Hall–Kier alpha value is -1.27. The van der Waals surface area contributed by atoms with Crippen molar-refractivity contribution in [2.24, 2.45) is 5.73 Å². The van der Waals surface area contributed by atoms with E-state index in [1.807, 2.05) is 0 Å². The number of benzene rings is 1. The fraction of sp³-hybridized carbons (Fsp3) is 0.417. The Balaban J connectivity index is 2.10. The number of hydrogen-bond acceptors (Lipinski definition) is 4. The molecule has 0 fully saturated rings. The van der Waals surface area contributed by atoms with Gasteiger partial charge in [0.1, 0.15) is 13.2 Å². The average Bonchev–Trinajstić information content (AvgIpc) is 2.37. The lowest BCUT2D eigenvalue weighted by atomic mass is 10.2. The zero-order valence-electron chi connectivity index (χ0n) is 9.87. The number of halogens is 1. The van der Waals surface area contributed by atoms with Gasteiger partial charge in [-0.3, -0.25) is 4.79 Å². The molecule has 0 atom stereocenters. The zero-order chi connectivity index (χ0) is 13.0. The maximum absolute atomic E-state index is 11.6. The van der Waals surface area contributed by atoms with Crippen LogP contribution in [0.3, 0.4) is 0 Å². The summed E-state index contributed by atoms with van der Waals surface area (Å²) in [5, 5.41) is 2.82. The Morgan fingerprint density at radius 1 is 1.33 bits per heavy atom. The van der Waals surface area contributed by atoms with Gasteiger partial charge in [-0.25, -0.2) is 0 Å². The summed E-state index contributed by atoms with van der Waals surface area (Å²) >= 11 is 3.40. The smallest absolute Gasteiger partial charge is 0.224 e. The van der Waals surface area contributed by atoms with Gasteiger partial charge in [0.25, 0.3) is 0 Å². The summed E-state index contributed by atoms with van der Waals surface area (Å²) in [6.45, 7) is 1.58. The third-order valence-corrected chi connectivity index (χ3v) is 3.17. The van der Waals surface area contributed by atoms with Gasteiger partial charge in [0.15, 0.2) is 11.5 Å². The van der Waals surface area contributed by atoms with Crippen molar-refractivity contribution in [2.75, 3.05) is 25.1 Å². The van der Waals surface area contributed by atoms with Crippen LogP contribution in [-0.4, -0.2) is 25.7 Å². The number of fused-ring (bicyclic) bond motifs is 1. The van der Waals surface area contributed by atoms with E-state index in [9.17, 15) is 4.79 Å². The fourth-order valence-corrected chi connectivity index (χ4v) is 2.06. The first-order valence-corrected chi connectivity index (χ1v) is 6.59. The fourth-order valence-electron chi connectivity index (χ4n) is 1.64. The highest BCUT2D eigenvalue weighted by molar-refractivity contribution is 9.10. The number of carbonyl (C=O) groups excluding carboxylic acids is 1. The highest BCUT2D eigenvalue weighted by Gasteiger charge is 2.15. The maximum Gasteiger partial charge on any atom is 0.224 e. The molecule has 1 amide bonds. The summed E-state index contributed by atoms with van der Waals surface area (Å²) < 4.78 is 11.7. The van der Waals surface area contributed by atoms with Gasteiger partial charge in [0.05, 0.1) is 5.69 Å². The molecular formula is C12H15BrN2O3. The molecule has 18 heavy (non-hydrogen) atoms. The van der Waals surface area contributed by atoms with Crippen molar-refractivity contribution in [3.05, 3.63) is 16.6 Å². The van der Waals surface area contributed by atoms with Crippen LogP contribution in [0.1, 0.15) is 12.8 Å². The number of nitrogens with two attached hydrogens (primary N) is 1. The standard InChI is InChI=1S/C12H15BrN2O3/c13-8-6-10-11(18-5-4-17-10)7-9(8)15-12(16)2-1-3-14/h6-7H,1-5,14H2,(H,15,16). The van der Waals surface area contributed by atoms with E-state index in [0.717, 1.165) is 4.47 Å². The number of hydrogen-bond donors (Lipinski definition) is 2. The minimum atomic E-state index is -0.0576. The second-order valence-corrected chi connectivity index (χ2v) is 4.77. The minimum Gasteiger partial charge on any atom is -0.486 e.